The first-order chi connectivity index (χ1) is 12.2. The van der Waals surface area contributed by atoms with Crippen molar-refractivity contribution in [2.45, 2.75) is 6.10 Å². The number of carbonyl (C=O) groups excluding carboxylic acids is 1. The van der Waals surface area contributed by atoms with Crippen molar-refractivity contribution in [3.63, 3.8) is 0 Å². The summed E-state index contributed by atoms with van der Waals surface area (Å²) in [5.41, 5.74) is 2.04. The Balaban J connectivity index is 1.78. The normalized spacial score (nSPS) is 21.4. The third-order valence-corrected chi connectivity index (χ3v) is 8.45. The van der Waals surface area contributed by atoms with E-state index in [0.717, 1.165) is 11.1 Å². The Labute approximate surface area is 150 Å². The van der Waals surface area contributed by atoms with E-state index < -0.39 is 31.3 Å². The van der Waals surface area contributed by atoms with Crippen LogP contribution in [0.2, 0.25) is 0 Å². The zero-order valence-electron chi connectivity index (χ0n) is 13.2. The van der Waals surface area contributed by atoms with E-state index in [9.17, 15) is 7.86 Å². The van der Waals surface area contributed by atoms with Crippen molar-refractivity contribution in [1.29, 1.82) is 0 Å². The molecule has 1 unspecified atom stereocenters. The molecule has 0 aromatic heterocycles. The molecule has 3 aromatic carbocycles. The van der Waals surface area contributed by atoms with Gasteiger partial charge in [-0.2, -0.15) is 0 Å². The maximum absolute atomic E-state index is 13.4. The molecule has 5 heteroatoms. The molecule has 0 amide bonds. The van der Waals surface area contributed by atoms with Crippen LogP contribution in [0.3, 0.4) is 0 Å². The van der Waals surface area contributed by atoms with Gasteiger partial charge in [0.15, 0.2) is 0 Å². The van der Waals surface area contributed by atoms with Gasteiger partial charge in [-0.3, -0.25) is 0 Å². The molecule has 0 spiro atoms. The predicted octanol–water partition coefficient (Wildman–Crippen LogP) is 5.05. The monoisotopic (exact) mass is 446 g/mol. The number of hydrogen-bond donors (Lipinski definition) is 0. The van der Waals surface area contributed by atoms with Crippen molar-refractivity contribution in [3.8, 4) is 0 Å². The van der Waals surface area contributed by atoms with Gasteiger partial charge in [-0.25, -0.2) is 0 Å². The average Bonchev–Trinajstić information content (AvgIpc) is 2.92. The van der Waals surface area contributed by atoms with Crippen LogP contribution in [-0.4, -0.2) is 5.97 Å². The second-order valence-corrected chi connectivity index (χ2v) is 10.1. The fourth-order valence-corrected chi connectivity index (χ4v) is 7.13. The minimum absolute atomic E-state index is 0.328. The number of rotatable bonds is 4. The molecule has 0 aliphatic carbocycles. The summed E-state index contributed by atoms with van der Waals surface area (Å²) < 4.78 is 25.1. The molecule has 0 bridgehead atoms. The van der Waals surface area contributed by atoms with E-state index in [1.54, 1.807) is 24.3 Å². The molecule has 0 N–H and O–H groups in total. The Kier molecular flexibility index (Phi) is 4.19. The van der Waals surface area contributed by atoms with Crippen LogP contribution in [-0.2, 0) is 9.20 Å². The van der Waals surface area contributed by atoms with Gasteiger partial charge in [-0.05, 0) is 0 Å². The van der Waals surface area contributed by atoms with Gasteiger partial charge in [0.05, 0.1) is 0 Å². The van der Waals surface area contributed by atoms with Gasteiger partial charge in [0.2, 0.25) is 0 Å². The van der Waals surface area contributed by atoms with Gasteiger partial charge in [0, 0.05) is 0 Å². The summed E-state index contributed by atoms with van der Waals surface area (Å²) in [6.45, 7) is 0. The van der Waals surface area contributed by atoms with E-state index in [0.29, 0.717) is 9.13 Å². The minimum atomic E-state index is -4.61. The SMILES string of the molecule is O=C1OI(=O)(OC(c2ccccc2)c2ccccc2)c2ccccc21. The molecule has 126 valence electrons. The van der Waals surface area contributed by atoms with Crippen LogP contribution in [0, 0.1) is 3.57 Å². The van der Waals surface area contributed by atoms with Gasteiger partial charge in [-0.1, -0.05) is 0 Å². The van der Waals surface area contributed by atoms with Crippen molar-refractivity contribution in [2.75, 3.05) is 0 Å². The zero-order chi connectivity index (χ0) is 17.3. The van der Waals surface area contributed by atoms with Gasteiger partial charge in [0.1, 0.15) is 0 Å². The molecule has 4 rings (SSSR count). The molecule has 3 aromatic rings. The number of carbonyl (C=O) groups is 1. The van der Waals surface area contributed by atoms with Gasteiger partial charge in [0.25, 0.3) is 0 Å². The van der Waals surface area contributed by atoms with E-state index >= 15 is 0 Å². The topological polar surface area (TPSA) is 52.6 Å². The summed E-state index contributed by atoms with van der Waals surface area (Å²) in [5.74, 6) is -0.582. The van der Waals surface area contributed by atoms with Crippen LogP contribution in [0.25, 0.3) is 0 Å². The van der Waals surface area contributed by atoms with Gasteiger partial charge in [-0.15, -0.1) is 0 Å². The molecule has 4 nitrogen and oxygen atoms in total. The number of hydrogen-bond acceptors (Lipinski definition) is 4. The third kappa shape index (κ3) is 3.01. The molecule has 0 saturated heterocycles. The van der Waals surface area contributed by atoms with E-state index in [4.69, 9.17) is 6.13 Å². The van der Waals surface area contributed by atoms with Crippen molar-refractivity contribution >= 4 is 25.2 Å². The van der Waals surface area contributed by atoms with Crippen LogP contribution in [0.15, 0.2) is 84.9 Å². The quantitative estimate of drug-likeness (QED) is 0.527. The fourth-order valence-electron chi connectivity index (χ4n) is 2.74. The van der Waals surface area contributed by atoms with Gasteiger partial charge < -0.3 is 0 Å². The van der Waals surface area contributed by atoms with Crippen LogP contribution in [0.4, 0.5) is 0 Å². The number of fused-ring (bicyclic) bond motifs is 1. The Morgan fingerprint density at radius 1 is 0.760 bits per heavy atom. The summed E-state index contributed by atoms with van der Waals surface area (Å²) in [6, 6.07) is 25.7. The van der Waals surface area contributed by atoms with E-state index in [1.165, 1.54) is 0 Å². The van der Waals surface area contributed by atoms with Gasteiger partial charge >= 0.3 is 151 Å². The van der Waals surface area contributed by atoms with E-state index in [2.05, 4.69) is 0 Å². The van der Waals surface area contributed by atoms with E-state index in [-0.39, 0.29) is 0 Å². The van der Waals surface area contributed by atoms with Crippen molar-refractivity contribution in [1.82, 2.24) is 0 Å². The summed E-state index contributed by atoms with van der Waals surface area (Å²) in [6.07, 6.45) is -0.574. The first kappa shape index (κ1) is 16.1. The second-order valence-electron chi connectivity index (χ2n) is 5.56. The Bertz CT molecular complexity index is 914. The molecule has 1 heterocycles. The summed E-state index contributed by atoms with van der Waals surface area (Å²) in [7, 11) is 0. The van der Waals surface area contributed by atoms with Crippen LogP contribution in [0.5, 0.6) is 0 Å². The molecule has 1 aliphatic rings. The molecule has 1 aliphatic heterocycles. The fraction of sp³-hybridized carbons (Fsp3) is 0.0500. The molecule has 0 radical (unpaired) electrons. The standard InChI is InChI=1S/C20H15IO4/c22-20-17-13-7-8-14-18(17)21(23,25-20)24-19(15-9-3-1-4-10-15)16-11-5-2-6-12-16/h1-14,19H. The Morgan fingerprint density at radius 3 is 1.88 bits per heavy atom. The van der Waals surface area contributed by atoms with Crippen LogP contribution >= 0.6 is 19.3 Å². The second kappa shape index (κ2) is 6.50. The van der Waals surface area contributed by atoms with Crippen LogP contribution in [0.1, 0.15) is 27.6 Å². The first-order valence-corrected chi connectivity index (χ1v) is 11.5. The number of halogens is 1. The number of benzene rings is 3. The van der Waals surface area contributed by atoms with Crippen molar-refractivity contribution < 1.29 is 14.0 Å². The molecule has 0 saturated carbocycles. The summed E-state index contributed by atoms with van der Waals surface area (Å²) in [5, 5.41) is 0. The third-order valence-electron chi connectivity index (χ3n) is 3.93. The maximum atomic E-state index is 13.4. The van der Waals surface area contributed by atoms with Crippen molar-refractivity contribution in [2.24, 2.45) is 0 Å². The molecule has 0 fully saturated rings. The predicted molar refractivity (Wildman–Crippen MR) is 101 cm³/mol. The average molecular weight is 446 g/mol. The summed E-state index contributed by atoms with van der Waals surface area (Å²) >= 11 is -4.61. The zero-order valence-corrected chi connectivity index (χ0v) is 15.3. The first-order valence-electron chi connectivity index (χ1n) is 7.77. The molecule has 1 atom stereocenters. The Hall–Kier alpha value is -2.38. The molecular formula is C20H15IO4. The Morgan fingerprint density at radius 2 is 1.28 bits per heavy atom. The summed E-state index contributed by atoms with van der Waals surface area (Å²) in [4.78, 5) is 12.1. The molecule has 25 heavy (non-hydrogen) atoms. The van der Waals surface area contributed by atoms with E-state index in [1.807, 2.05) is 60.7 Å². The van der Waals surface area contributed by atoms with Crippen molar-refractivity contribution in [3.05, 3.63) is 105 Å². The van der Waals surface area contributed by atoms with Crippen LogP contribution < -0.4 is 0 Å². The molecular weight excluding hydrogens is 431 g/mol.